The second-order valence-corrected chi connectivity index (χ2v) is 4.36. The number of amides is 1. The molecule has 17 heavy (non-hydrogen) atoms. The first kappa shape index (κ1) is 11.9. The summed E-state index contributed by atoms with van der Waals surface area (Å²) in [5.74, 6) is 0.735. The molecule has 1 saturated heterocycles. The molecule has 1 unspecified atom stereocenters. The largest absolute Gasteiger partial charge is 0.496 e. The minimum atomic E-state index is -0.719. The van der Waals surface area contributed by atoms with E-state index in [2.05, 4.69) is 10.6 Å². The van der Waals surface area contributed by atoms with Crippen molar-refractivity contribution < 1.29 is 9.53 Å². The smallest absolute Gasteiger partial charge is 0.244 e. The summed E-state index contributed by atoms with van der Waals surface area (Å²) in [7, 11) is 1.62. The lowest BCUT2D eigenvalue weighted by Crippen LogP contribution is -2.50. The van der Waals surface area contributed by atoms with E-state index in [0.29, 0.717) is 0 Å². The molecule has 1 aliphatic heterocycles. The molecule has 92 valence electrons. The molecule has 1 heterocycles. The highest BCUT2D eigenvalue weighted by atomic mass is 16.5. The highest BCUT2D eigenvalue weighted by Gasteiger charge is 2.37. The van der Waals surface area contributed by atoms with Gasteiger partial charge in [0.15, 0.2) is 0 Å². The van der Waals surface area contributed by atoms with Gasteiger partial charge in [0.05, 0.1) is 7.11 Å². The lowest BCUT2D eigenvalue weighted by Gasteiger charge is -2.29. The summed E-state index contributed by atoms with van der Waals surface area (Å²) in [6, 6.07) is 7.63. The van der Waals surface area contributed by atoms with Crippen molar-refractivity contribution in [3.8, 4) is 5.75 Å². The Morgan fingerprint density at radius 1 is 1.29 bits per heavy atom. The zero-order chi connectivity index (χ0) is 12.3. The zero-order valence-corrected chi connectivity index (χ0v) is 10.2. The molecule has 1 aromatic carbocycles. The summed E-state index contributed by atoms with van der Waals surface area (Å²) in [5.41, 5.74) is 0.158. The molecule has 0 aromatic heterocycles. The quantitative estimate of drug-likeness (QED) is 0.803. The summed E-state index contributed by atoms with van der Waals surface area (Å²) >= 11 is 0. The summed E-state index contributed by atoms with van der Waals surface area (Å²) in [4.78, 5) is 12.2. The fourth-order valence-electron chi connectivity index (χ4n) is 2.16. The second-order valence-electron chi connectivity index (χ2n) is 4.36. The molecule has 0 radical (unpaired) electrons. The number of nitrogens with one attached hydrogen (secondary N) is 2. The standard InChI is InChI=1S/C13H18N2O2/c1-13(12(16)14-8-5-9-15-13)10-6-3-4-7-11(10)17-2/h3-4,6-7,15H,5,8-9H2,1-2H3,(H,14,16). The van der Waals surface area contributed by atoms with Gasteiger partial charge in [-0.05, 0) is 26.0 Å². The molecule has 1 atom stereocenters. The van der Waals surface area contributed by atoms with Crippen molar-refractivity contribution in [2.75, 3.05) is 20.2 Å². The fourth-order valence-corrected chi connectivity index (χ4v) is 2.16. The zero-order valence-electron chi connectivity index (χ0n) is 10.2. The van der Waals surface area contributed by atoms with Crippen LogP contribution in [-0.2, 0) is 10.3 Å². The van der Waals surface area contributed by atoms with Crippen LogP contribution in [0, 0.1) is 0 Å². The number of carbonyl (C=O) groups is 1. The number of ether oxygens (including phenoxy) is 1. The van der Waals surface area contributed by atoms with Gasteiger partial charge in [-0.2, -0.15) is 0 Å². The van der Waals surface area contributed by atoms with Crippen LogP contribution in [0.2, 0.25) is 0 Å². The van der Waals surface area contributed by atoms with E-state index in [9.17, 15) is 4.79 Å². The molecule has 2 N–H and O–H groups in total. The van der Waals surface area contributed by atoms with Gasteiger partial charge in [-0.25, -0.2) is 0 Å². The number of benzene rings is 1. The Morgan fingerprint density at radius 3 is 2.82 bits per heavy atom. The van der Waals surface area contributed by atoms with Crippen LogP contribution in [0.4, 0.5) is 0 Å². The van der Waals surface area contributed by atoms with Crippen LogP contribution in [0.15, 0.2) is 24.3 Å². The predicted molar refractivity (Wildman–Crippen MR) is 66.0 cm³/mol. The van der Waals surface area contributed by atoms with Crippen molar-refractivity contribution in [2.45, 2.75) is 18.9 Å². The summed E-state index contributed by atoms with van der Waals surface area (Å²) < 4.78 is 5.33. The third kappa shape index (κ3) is 2.13. The molecular formula is C13H18N2O2. The molecule has 0 spiro atoms. The molecule has 4 nitrogen and oxygen atoms in total. The van der Waals surface area contributed by atoms with Gasteiger partial charge >= 0.3 is 0 Å². The minimum Gasteiger partial charge on any atom is -0.496 e. The molecule has 1 aliphatic rings. The Bertz CT molecular complexity index is 420. The highest BCUT2D eigenvalue weighted by Crippen LogP contribution is 2.30. The Labute approximate surface area is 101 Å². The molecule has 1 amide bonds. The van der Waals surface area contributed by atoms with E-state index in [1.807, 2.05) is 31.2 Å². The molecule has 0 bridgehead atoms. The Balaban J connectivity index is 2.44. The Morgan fingerprint density at radius 2 is 2.06 bits per heavy atom. The van der Waals surface area contributed by atoms with Crippen LogP contribution < -0.4 is 15.4 Å². The number of hydrogen-bond acceptors (Lipinski definition) is 3. The van der Waals surface area contributed by atoms with Gasteiger partial charge in [-0.3, -0.25) is 10.1 Å². The van der Waals surface area contributed by atoms with E-state index in [-0.39, 0.29) is 5.91 Å². The van der Waals surface area contributed by atoms with Crippen LogP contribution in [0.5, 0.6) is 5.75 Å². The van der Waals surface area contributed by atoms with Crippen LogP contribution in [-0.4, -0.2) is 26.1 Å². The average Bonchev–Trinajstić information content (AvgIpc) is 2.53. The van der Waals surface area contributed by atoms with Crippen molar-refractivity contribution >= 4 is 5.91 Å². The van der Waals surface area contributed by atoms with Crippen molar-refractivity contribution in [1.82, 2.24) is 10.6 Å². The monoisotopic (exact) mass is 234 g/mol. The molecule has 1 aromatic rings. The van der Waals surface area contributed by atoms with Crippen LogP contribution >= 0.6 is 0 Å². The van der Waals surface area contributed by atoms with Gasteiger partial charge in [-0.15, -0.1) is 0 Å². The van der Waals surface area contributed by atoms with Crippen LogP contribution in [0.3, 0.4) is 0 Å². The first-order chi connectivity index (χ1) is 8.18. The van der Waals surface area contributed by atoms with Gasteiger partial charge in [0.25, 0.3) is 0 Å². The van der Waals surface area contributed by atoms with Crippen molar-refractivity contribution in [2.24, 2.45) is 0 Å². The number of methoxy groups -OCH3 is 1. The maximum absolute atomic E-state index is 12.2. The van der Waals surface area contributed by atoms with Gasteiger partial charge in [-0.1, -0.05) is 18.2 Å². The fraction of sp³-hybridized carbons (Fsp3) is 0.462. The normalized spacial score (nSPS) is 24.9. The van der Waals surface area contributed by atoms with Crippen LogP contribution in [0.25, 0.3) is 0 Å². The van der Waals surface area contributed by atoms with E-state index in [1.165, 1.54) is 0 Å². The molecule has 0 saturated carbocycles. The molecule has 0 aliphatic carbocycles. The van der Waals surface area contributed by atoms with E-state index >= 15 is 0 Å². The Kier molecular flexibility index (Phi) is 3.33. The van der Waals surface area contributed by atoms with Gasteiger partial charge in [0, 0.05) is 12.1 Å². The third-order valence-corrected chi connectivity index (χ3v) is 3.22. The van der Waals surface area contributed by atoms with Crippen molar-refractivity contribution in [3.63, 3.8) is 0 Å². The van der Waals surface area contributed by atoms with Gasteiger partial charge in [0.1, 0.15) is 11.3 Å². The first-order valence-corrected chi connectivity index (χ1v) is 5.85. The lowest BCUT2D eigenvalue weighted by molar-refractivity contribution is -0.126. The van der Waals surface area contributed by atoms with E-state index < -0.39 is 5.54 Å². The minimum absolute atomic E-state index is 0.000463. The maximum Gasteiger partial charge on any atom is 0.244 e. The van der Waals surface area contributed by atoms with E-state index in [4.69, 9.17) is 4.74 Å². The number of para-hydroxylation sites is 1. The third-order valence-electron chi connectivity index (χ3n) is 3.22. The van der Waals surface area contributed by atoms with Crippen molar-refractivity contribution in [1.29, 1.82) is 0 Å². The van der Waals surface area contributed by atoms with Crippen molar-refractivity contribution in [3.05, 3.63) is 29.8 Å². The molecule has 1 fully saturated rings. The predicted octanol–water partition coefficient (Wildman–Crippen LogP) is 1.02. The summed E-state index contributed by atoms with van der Waals surface area (Å²) in [5, 5.41) is 6.23. The van der Waals surface area contributed by atoms with E-state index in [0.717, 1.165) is 30.8 Å². The summed E-state index contributed by atoms with van der Waals surface area (Å²) in [6.07, 6.45) is 0.941. The van der Waals surface area contributed by atoms with Crippen LogP contribution in [0.1, 0.15) is 18.9 Å². The first-order valence-electron chi connectivity index (χ1n) is 5.85. The van der Waals surface area contributed by atoms with Gasteiger partial charge < -0.3 is 10.1 Å². The maximum atomic E-state index is 12.2. The number of hydrogen-bond donors (Lipinski definition) is 2. The molecular weight excluding hydrogens is 216 g/mol. The number of rotatable bonds is 2. The summed E-state index contributed by atoms with van der Waals surface area (Å²) in [6.45, 7) is 3.43. The molecule has 4 heteroatoms. The van der Waals surface area contributed by atoms with E-state index in [1.54, 1.807) is 7.11 Å². The molecule has 2 rings (SSSR count). The second kappa shape index (κ2) is 4.75. The van der Waals surface area contributed by atoms with Gasteiger partial charge in [0.2, 0.25) is 5.91 Å². The Hall–Kier alpha value is -1.55. The SMILES string of the molecule is COc1ccccc1C1(C)NCCCNC1=O. The average molecular weight is 234 g/mol. The highest BCUT2D eigenvalue weighted by molar-refractivity contribution is 5.88. The number of carbonyl (C=O) groups excluding carboxylic acids is 1. The lowest BCUT2D eigenvalue weighted by atomic mass is 9.90. The topological polar surface area (TPSA) is 50.4 Å².